The average Bonchev–Trinajstić information content (AvgIpc) is 2.92. The molecule has 0 amide bonds. The Balaban J connectivity index is 1.91. The van der Waals surface area contributed by atoms with Gasteiger partial charge in [-0.2, -0.15) is 8.75 Å². The van der Waals surface area contributed by atoms with Crippen LogP contribution in [0.3, 0.4) is 0 Å². The van der Waals surface area contributed by atoms with Crippen LogP contribution in [-0.4, -0.2) is 13.9 Å². The summed E-state index contributed by atoms with van der Waals surface area (Å²) in [7, 11) is 0. The largest absolute Gasteiger partial charge is 0.506 e. The molecule has 0 radical (unpaired) electrons. The molecule has 0 saturated carbocycles. The first-order chi connectivity index (χ1) is 10.1. The molecule has 4 nitrogen and oxygen atoms in total. The third-order valence-electron chi connectivity index (χ3n) is 2.93. The number of phenols is 1. The Bertz CT molecular complexity index is 822. The number of aromatic hydroxyl groups is 1. The second kappa shape index (κ2) is 5.85. The molecule has 8 heteroatoms. The van der Waals surface area contributed by atoms with Crippen molar-refractivity contribution in [1.82, 2.24) is 8.75 Å². The molecule has 0 fully saturated rings. The molecule has 21 heavy (non-hydrogen) atoms. The highest BCUT2D eigenvalue weighted by atomic mass is 35.5. The number of nitrogens with zero attached hydrogens (tertiary/aromatic N) is 2. The van der Waals surface area contributed by atoms with E-state index in [1.165, 1.54) is 0 Å². The SMILES string of the molecule is Oc1ccc(CNc2c(Cl)cc(Cl)c3nsnc23)cc1Cl. The van der Waals surface area contributed by atoms with E-state index in [-0.39, 0.29) is 5.75 Å². The Labute approximate surface area is 139 Å². The van der Waals surface area contributed by atoms with E-state index in [2.05, 4.69) is 14.1 Å². The van der Waals surface area contributed by atoms with Crippen LogP contribution in [-0.2, 0) is 6.54 Å². The number of anilines is 1. The van der Waals surface area contributed by atoms with E-state index in [0.717, 1.165) is 17.3 Å². The van der Waals surface area contributed by atoms with Gasteiger partial charge in [0, 0.05) is 6.54 Å². The summed E-state index contributed by atoms with van der Waals surface area (Å²) in [5.41, 5.74) is 2.84. The predicted octanol–water partition coefficient (Wildman–Crippen LogP) is 4.97. The zero-order chi connectivity index (χ0) is 15.0. The molecule has 0 aliphatic rings. The fraction of sp³-hybridized carbons (Fsp3) is 0.0769. The molecular weight excluding hydrogens is 353 g/mol. The zero-order valence-electron chi connectivity index (χ0n) is 10.4. The molecular formula is C13H8Cl3N3OS. The third kappa shape index (κ3) is 2.87. The van der Waals surface area contributed by atoms with E-state index in [1.807, 2.05) is 0 Å². The lowest BCUT2D eigenvalue weighted by Crippen LogP contribution is -2.01. The first-order valence-electron chi connectivity index (χ1n) is 5.88. The third-order valence-corrected chi connectivity index (χ3v) is 4.34. The van der Waals surface area contributed by atoms with Crippen LogP contribution in [0.2, 0.25) is 15.1 Å². The van der Waals surface area contributed by atoms with Crippen LogP contribution in [0.4, 0.5) is 5.69 Å². The van der Waals surface area contributed by atoms with Gasteiger partial charge in [0.15, 0.2) is 0 Å². The molecule has 3 rings (SSSR count). The zero-order valence-corrected chi connectivity index (χ0v) is 13.5. The van der Waals surface area contributed by atoms with E-state index in [1.54, 1.807) is 24.3 Å². The fourth-order valence-corrected chi connectivity index (χ4v) is 3.28. The Morgan fingerprint density at radius 2 is 1.76 bits per heavy atom. The van der Waals surface area contributed by atoms with Gasteiger partial charge < -0.3 is 10.4 Å². The van der Waals surface area contributed by atoms with Crippen molar-refractivity contribution in [2.75, 3.05) is 5.32 Å². The Kier molecular flexibility index (Phi) is 4.08. The summed E-state index contributed by atoms with van der Waals surface area (Å²) >= 11 is 19.3. The van der Waals surface area contributed by atoms with E-state index >= 15 is 0 Å². The lowest BCUT2D eigenvalue weighted by Gasteiger charge is -2.10. The van der Waals surface area contributed by atoms with Gasteiger partial charge in [0.25, 0.3) is 0 Å². The molecule has 0 aliphatic heterocycles. The minimum absolute atomic E-state index is 0.0519. The highest BCUT2D eigenvalue weighted by Gasteiger charge is 2.13. The van der Waals surface area contributed by atoms with E-state index in [9.17, 15) is 5.11 Å². The summed E-state index contributed by atoms with van der Waals surface area (Å²) in [4.78, 5) is 0. The van der Waals surface area contributed by atoms with Crippen molar-refractivity contribution in [2.24, 2.45) is 0 Å². The number of hydrogen-bond acceptors (Lipinski definition) is 5. The lowest BCUT2D eigenvalue weighted by atomic mass is 10.2. The first kappa shape index (κ1) is 14.7. The number of benzene rings is 2. The predicted molar refractivity (Wildman–Crippen MR) is 87.9 cm³/mol. The number of fused-ring (bicyclic) bond motifs is 1. The van der Waals surface area contributed by atoms with Gasteiger partial charge >= 0.3 is 0 Å². The molecule has 0 unspecified atom stereocenters. The van der Waals surface area contributed by atoms with E-state index in [0.29, 0.717) is 38.3 Å². The van der Waals surface area contributed by atoms with Crippen LogP contribution < -0.4 is 5.32 Å². The van der Waals surface area contributed by atoms with Gasteiger partial charge in [-0.15, -0.1) is 0 Å². The van der Waals surface area contributed by atoms with Crippen LogP contribution in [0.15, 0.2) is 24.3 Å². The monoisotopic (exact) mass is 359 g/mol. The van der Waals surface area contributed by atoms with Gasteiger partial charge in [0.2, 0.25) is 0 Å². The van der Waals surface area contributed by atoms with E-state index in [4.69, 9.17) is 34.8 Å². The number of halogens is 3. The second-order valence-electron chi connectivity index (χ2n) is 4.32. The molecule has 3 aromatic rings. The molecule has 0 saturated heterocycles. The van der Waals surface area contributed by atoms with Crippen molar-refractivity contribution in [3.63, 3.8) is 0 Å². The quantitative estimate of drug-likeness (QED) is 0.692. The Hall–Kier alpha value is -1.27. The molecule has 0 aliphatic carbocycles. The van der Waals surface area contributed by atoms with Crippen LogP contribution in [0.1, 0.15) is 5.56 Å². The highest BCUT2D eigenvalue weighted by Crippen LogP contribution is 2.35. The van der Waals surface area contributed by atoms with Crippen molar-refractivity contribution in [3.8, 4) is 5.75 Å². The maximum atomic E-state index is 9.41. The summed E-state index contributed by atoms with van der Waals surface area (Å²) in [6.07, 6.45) is 0. The van der Waals surface area contributed by atoms with Crippen molar-refractivity contribution < 1.29 is 5.11 Å². The van der Waals surface area contributed by atoms with Crippen molar-refractivity contribution in [1.29, 1.82) is 0 Å². The van der Waals surface area contributed by atoms with Crippen LogP contribution in [0, 0.1) is 0 Å². The average molecular weight is 361 g/mol. The van der Waals surface area contributed by atoms with Gasteiger partial charge in [-0.25, -0.2) is 0 Å². The van der Waals surface area contributed by atoms with Crippen molar-refractivity contribution in [2.45, 2.75) is 6.54 Å². The number of aromatic nitrogens is 2. The summed E-state index contributed by atoms with van der Waals surface area (Å²) in [6.45, 7) is 0.480. The summed E-state index contributed by atoms with van der Waals surface area (Å²) in [6, 6.07) is 6.64. The molecule has 0 atom stereocenters. The summed E-state index contributed by atoms with van der Waals surface area (Å²) < 4.78 is 8.36. The van der Waals surface area contributed by atoms with E-state index < -0.39 is 0 Å². The maximum Gasteiger partial charge on any atom is 0.134 e. The van der Waals surface area contributed by atoms with Gasteiger partial charge in [-0.3, -0.25) is 0 Å². The Morgan fingerprint density at radius 3 is 2.52 bits per heavy atom. The standard InChI is InChI=1S/C13H8Cl3N3OS/c14-7-3-6(1-2-10(7)20)5-17-11-8(15)4-9(16)12-13(11)19-21-18-12/h1-4,17,20H,5H2. The molecule has 1 heterocycles. The highest BCUT2D eigenvalue weighted by molar-refractivity contribution is 7.00. The van der Waals surface area contributed by atoms with Gasteiger partial charge in [0.05, 0.1) is 32.5 Å². The lowest BCUT2D eigenvalue weighted by molar-refractivity contribution is 0.475. The maximum absolute atomic E-state index is 9.41. The van der Waals surface area contributed by atoms with Crippen molar-refractivity contribution >= 4 is 63.3 Å². The molecule has 2 aromatic carbocycles. The molecule has 0 spiro atoms. The minimum atomic E-state index is 0.0519. The first-order valence-corrected chi connectivity index (χ1v) is 7.74. The summed E-state index contributed by atoms with van der Waals surface area (Å²) in [5, 5.41) is 13.9. The molecule has 108 valence electrons. The number of nitrogens with one attached hydrogen (secondary N) is 1. The van der Waals surface area contributed by atoms with Gasteiger partial charge in [-0.1, -0.05) is 40.9 Å². The number of hydrogen-bond donors (Lipinski definition) is 2. The number of rotatable bonds is 3. The smallest absolute Gasteiger partial charge is 0.134 e. The van der Waals surface area contributed by atoms with Crippen molar-refractivity contribution in [3.05, 3.63) is 44.9 Å². The van der Waals surface area contributed by atoms with Gasteiger partial charge in [0.1, 0.15) is 16.8 Å². The number of phenolic OH excluding ortho intramolecular Hbond substituents is 1. The van der Waals surface area contributed by atoms with Gasteiger partial charge in [-0.05, 0) is 23.8 Å². The second-order valence-corrected chi connectivity index (χ2v) is 6.07. The molecule has 2 N–H and O–H groups in total. The topological polar surface area (TPSA) is 58.0 Å². The molecule has 0 bridgehead atoms. The summed E-state index contributed by atoms with van der Waals surface area (Å²) in [5.74, 6) is 0.0519. The minimum Gasteiger partial charge on any atom is -0.506 e. The Morgan fingerprint density at radius 1 is 1.00 bits per heavy atom. The normalized spacial score (nSPS) is 11.0. The van der Waals surface area contributed by atoms with Crippen LogP contribution >= 0.6 is 46.5 Å². The van der Waals surface area contributed by atoms with Crippen LogP contribution in [0.5, 0.6) is 5.75 Å². The fourth-order valence-electron chi connectivity index (χ4n) is 1.89. The molecule has 1 aromatic heterocycles. The van der Waals surface area contributed by atoms with Crippen LogP contribution in [0.25, 0.3) is 11.0 Å².